The van der Waals surface area contributed by atoms with Crippen LogP contribution in [0, 0.1) is 0 Å². The van der Waals surface area contributed by atoms with Gasteiger partial charge in [-0.1, -0.05) is 60.7 Å². The molecule has 28 heavy (non-hydrogen) atoms. The van der Waals surface area contributed by atoms with Gasteiger partial charge in [0.1, 0.15) is 11.2 Å². The van der Waals surface area contributed by atoms with Crippen LogP contribution in [0.1, 0.15) is 0 Å². The standard InChI is InChI=1S/C23H16N4S/c24-23-26-18-12-11-17(20-14-13-19(28-20)15-7-3-1-4-8-15)25-22(18)21(27-23)16-9-5-2-6-10-16/h1-14H,(H2,24,26,27). The van der Waals surface area contributed by atoms with E-state index in [2.05, 4.69) is 46.4 Å². The molecule has 0 aliphatic rings. The maximum Gasteiger partial charge on any atom is 0.221 e. The predicted octanol–water partition coefficient (Wildman–Crippen LogP) is 5.67. The molecule has 3 heterocycles. The highest BCUT2D eigenvalue weighted by molar-refractivity contribution is 7.18. The summed E-state index contributed by atoms with van der Waals surface area (Å²) in [4.78, 5) is 16.0. The first-order valence-corrected chi connectivity index (χ1v) is 9.75. The molecule has 4 nitrogen and oxygen atoms in total. The quantitative estimate of drug-likeness (QED) is 0.438. The van der Waals surface area contributed by atoms with Crippen molar-refractivity contribution in [1.29, 1.82) is 0 Å². The van der Waals surface area contributed by atoms with Crippen molar-refractivity contribution in [1.82, 2.24) is 15.0 Å². The third-order valence-corrected chi connectivity index (χ3v) is 5.68. The van der Waals surface area contributed by atoms with Crippen molar-refractivity contribution in [2.24, 2.45) is 0 Å². The Hall–Kier alpha value is -3.57. The zero-order valence-corrected chi connectivity index (χ0v) is 15.7. The maximum absolute atomic E-state index is 5.93. The van der Waals surface area contributed by atoms with Gasteiger partial charge in [0.15, 0.2) is 0 Å². The number of nitrogens with zero attached hydrogens (tertiary/aromatic N) is 3. The Balaban J connectivity index is 1.64. The van der Waals surface area contributed by atoms with Gasteiger partial charge in [-0.15, -0.1) is 11.3 Å². The lowest BCUT2D eigenvalue weighted by atomic mass is 10.1. The molecule has 0 fully saturated rings. The van der Waals surface area contributed by atoms with Gasteiger partial charge < -0.3 is 5.73 Å². The van der Waals surface area contributed by atoms with Gasteiger partial charge in [0.05, 0.1) is 16.1 Å². The first-order valence-electron chi connectivity index (χ1n) is 8.93. The lowest BCUT2D eigenvalue weighted by Gasteiger charge is -2.07. The molecule has 0 unspecified atom stereocenters. The fourth-order valence-corrected chi connectivity index (χ4v) is 4.18. The normalized spacial score (nSPS) is 11.0. The minimum absolute atomic E-state index is 0.253. The fourth-order valence-electron chi connectivity index (χ4n) is 3.20. The molecule has 0 aliphatic carbocycles. The number of hydrogen-bond donors (Lipinski definition) is 1. The van der Waals surface area contributed by atoms with Crippen molar-refractivity contribution in [2.75, 3.05) is 5.73 Å². The summed E-state index contributed by atoms with van der Waals surface area (Å²) in [6.07, 6.45) is 0. The second-order valence-electron chi connectivity index (χ2n) is 6.39. The summed E-state index contributed by atoms with van der Waals surface area (Å²) < 4.78 is 0. The Morgan fingerprint density at radius 3 is 2.04 bits per heavy atom. The molecule has 5 heteroatoms. The molecule has 5 aromatic rings. The topological polar surface area (TPSA) is 64.7 Å². The Morgan fingerprint density at radius 1 is 0.607 bits per heavy atom. The number of hydrogen-bond acceptors (Lipinski definition) is 5. The summed E-state index contributed by atoms with van der Waals surface area (Å²) in [5.74, 6) is 0.253. The number of pyridine rings is 1. The molecule has 5 rings (SSSR count). The van der Waals surface area contributed by atoms with E-state index in [1.54, 1.807) is 11.3 Å². The molecule has 134 valence electrons. The van der Waals surface area contributed by atoms with Gasteiger partial charge in [0.25, 0.3) is 0 Å². The number of nitrogens with two attached hydrogens (primary N) is 1. The fraction of sp³-hybridized carbons (Fsp3) is 0. The number of fused-ring (bicyclic) bond motifs is 1. The predicted molar refractivity (Wildman–Crippen MR) is 116 cm³/mol. The smallest absolute Gasteiger partial charge is 0.221 e. The molecule has 0 spiro atoms. The summed E-state index contributed by atoms with van der Waals surface area (Å²) in [5, 5.41) is 0. The molecule has 2 aromatic carbocycles. The van der Waals surface area contributed by atoms with Crippen molar-refractivity contribution in [2.45, 2.75) is 0 Å². The van der Waals surface area contributed by atoms with Gasteiger partial charge in [-0.05, 0) is 29.8 Å². The third-order valence-electron chi connectivity index (χ3n) is 4.52. The van der Waals surface area contributed by atoms with Crippen molar-refractivity contribution in [3.05, 3.63) is 84.9 Å². The van der Waals surface area contributed by atoms with Gasteiger partial charge in [0, 0.05) is 10.4 Å². The molecule has 0 atom stereocenters. The monoisotopic (exact) mass is 380 g/mol. The van der Waals surface area contributed by atoms with Crippen LogP contribution in [0.5, 0.6) is 0 Å². The van der Waals surface area contributed by atoms with Crippen molar-refractivity contribution in [3.8, 4) is 32.3 Å². The largest absolute Gasteiger partial charge is 0.368 e. The summed E-state index contributed by atoms with van der Waals surface area (Å²) in [7, 11) is 0. The Morgan fingerprint density at radius 2 is 1.29 bits per heavy atom. The maximum atomic E-state index is 5.93. The number of aromatic nitrogens is 3. The second-order valence-corrected chi connectivity index (χ2v) is 7.47. The van der Waals surface area contributed by atoms with E-state index in [0.717, 1.165) is 32.9 Å². The van der Waals surface area contributed by atoms with Crippen LogP contribution in [-0.2, 0) is 0 Å². The Labute approximate surface area is 166 Å². The Bertz CT molecular complexity index is 1260. The summed E-state index contributed by atoms with van der Waals surface area (Å²) in [6.45, 7) is 0. The first-order chi connectivity index (χ1) is 13.8. The van der Waals surface area contributed by atoms with E-state index in [4.69, 9.17) is 10.7 Å². The van der Waals surface area contributed by atoms with Crippen molar-refractivity contribution >= 4 is 28.3 Å². The number of anilines is 1. The van der Waals surface area contributed by atoms with E-state index in [1.807, 2.05) is 48.5 Å². The van der Waals surface area contributed by atoms with E-state index >= 15 is 0 Å². The van der Waals surface area contributed by atoms with Gasteiger partial charge in [-0.2, -0.15) is 0 Å². The minimum Gasteiger partial charge on any atom is -0.368 e. The summed E-state index contributed by atoms with van der Waals surface area (Å²) in [5.41, 5.74) is 11.3. The third kappa shape index (κ3) is 3.02. The molecule has 0 bridgehead atoms. The lowest BCUT2D eigenvalue weighted by molar-refractivity contribution is 1.22. The van der Waals surface area contributed by atoms with E-state index in [1.165, 1.54) is 10.4 Å². The molecule has 0 amide bonds. The van der Waals surface area contributed by atoms with Gasteiger partial charge in [-0.3, -0.25) is 0 Å². The Kier molecular flexibility index (Phi) is 4.07. The van der Waals surface area contributed by atoms with E-state index in [9.17, 15) is 0 Å². The van der Waals surface area contributed by atoms with Crippen molar-refractivity contribution in [3.63, 3.8) is 0 Å². The number of thiophene rings is 1. The molecular weight excluding hydrogens is 364 g/mol. The summed E-state index contributed by atoms with van der Waals surface area (Å²) >= 11 is 1.72. The van der Waals surface area contributed by atoms with Gasteiger partial charge in [-0.25, -0.2) is 15.0 Å². The average Bonchev–Trinajstić information content (AvgIpc) is 3.24. The average molecular weight is 380 g/mol. The van der Waals surface area contributed by atoms with E-state index in [0.29, 0.717) is 0 Å². The number of rotatable bonds is 3. The zero-order chi connectivity index (χ0) is 18.9. The van der Waals surface area contributed by atoms with Crippen LogP contribution in [0.4, 0.5) is 5.95 Å². The highest BCUT2D eigenvalue weighted by atomic mass is 32.1. The number of benzene rings is 2. The summed E-state index contributed by atoms with van der Waals surface area (Å²) in [6, 6.07) is 28.5. The van der Waals surface area contributed by atoms with Gasteiger partial charge in [0.2, 0.25) is 5.95 Å². The van der Waals surface area contributed by atoms with Crippen LogP contribution in [0.3, 0.4) is 0 Å². The van der Waals surface area contributed by atoms with Crippen LogP contribution in [0.25, 0.3) is 43.3 Å². The molecule has 3 aromatic heterocycles. The minimum atomic E-state index is 0.253. The van der Waals surface area contributed by atoms with E-state index < -0.39 is 0 Å². The molecule has 2 N–H and O–H groups in total. The highest BCUT2D eigenvalue weighted by Crippen LogP contribution is 2.35. The van der Waals surface area contributed by atoms with Crippen LogP contribution >= 0.6 is 11.3 Å². The first kappa shape index (κ1) is 16.6. The number of nitrogen functional groups attached to an aromatic ring is 1. The van der Waals surface area contributed by atoms with E-state index in [-0.39, 0.29) is 5.95 Å². The molecular formula is C23H16N4S. The van der Waals surface area contributed by atoms with Crippen LogP contribution in [0.2, 0.25) is 0 Å². The zero-order valence-electron chi connectivity index (χ0n) is 14.9. The van der Waals surface area contributed by atoms with Crippen molar-refractivity contribution < 1.29 is 0 Å². The van der Waals surface area contributed by atoms with Crippen LogP contribution in [-0.4, -0.2) is 15.0 Å². The van der Waals surface area contributed by atoms with Gasteiger partial charge >= 0.3 is 0 Å². The molecule has 0 saturated heterocycles. The molecule has 0 aliphatic heterocycles. The SMILES string of the molecule is Nc1nc(-c2ccccc2)c2nc(-c3ccc(-c4ccccc4)s3)ccc2n1. The second kappa shape index (κ2) is 6.87. The molecule has 0 radical (unpaired) electrons. The van der Waals surface area contributed by atoms with Crippen LogP contribution in [0.15, 0.2) is 84.9 Å². The lowest BCUT2D eigenvalue weighted by Crippen LogP contribution is -1.99. The highest BCUT2D eigenvalue weighted by Gasteiger charge is 2.13. The van der Waals surface area contributed by atoms with Crippen LogP contribution < -0.4 is 5.73 Å². The molecule has 0 saturated carbocycles.